The van der Waals surface area contributed by atoms with E-state index in [-0.39, 0.29) is 18.0 Å². The second-order valence-corrected chi connectivity index (χ2v) is 3.92. The lowest BCUT2D eigenvalue weighted by atomic mass is 10.2. The quantitative estimate of drug-likeness (QED) is 0.537. The maximum Gasteiger partial charge on any atom is 0.329 e. The molecule has 0 spiro atoms. The first-order chi connectivity index (χ1) is 7.56. The zero-order valence-electron chi connectivity index (χ0n) is 9.68. The Hall–Kier alpha value is -1.58. The Kier molecular flexibility index (Phi) is 4.28. The van der Waals surface area contributed by atoms with Crippen molar-refractivity contribution in [2.24, 2.45) is 0 Å². The lowest BCUT2D eigenvalue weighted by Gasteiger charge is -2.20. The molecule has 1 rings (SSSR count). The van der Waals surface area contributed by atoms with Crippen LogP contribution in [0.3, 0.4) is 0 Å². The number of rotatable bonds is 4. The maximum absolute atomic E-state index is 11.7. The van der Waals surface area contributed by atoms with Crippen LogP contribution in [0.25, 0.3) is 0 Å². The summed E-state index contributed by atoms with van der Waals surface area (Å²) in [5.74, 6) is -0.390. The number of likely N-dealkylation sites (tertiary alicyclic amines) is 1. The van der Waals surface area contributed by atoms with Gasteiger partial charge in [0.2, 0.25) is 5.91 Å². The largest absolute Gasteiger partial charge is 0.461 e. The molecule has 0 aromatic carbocycles. The first-order valence-corrected chi connectivity index (χ1v) is 5.37. The molecule has 4 heteroatoms. The van der Waals surface area contributed by atoms with Crippen molar-refractivity contribution in [3.63, 3.8) is 0 Å². The van der Waals surface area contributed by atoms with Crippen molar-refractivity contribution < 1.29 is 14.3 Å². The summed E-state index contributed by atoms with van der Waals surface area (Å²) >= 11 is 0. The zero-order chi connectivity index (χ0) is 12.1. The van der Waals surface area contributed by atoms with Gasteiger partial charge in [-0.2, -0.15) is 0 Å². The number of hydrogen-bond donors (Lipinski definition) is 0. The normalized spacial score (nSPS) is 20.8. The molecule has 0 aliphatic carbocycles. The predicted octanol–water partition coefficient (Wildman–Crippen LogP) is 1.63. The van der Waals surface area contributed by atoms with Gasteiger partial charge in [-0.25, -0.2) is 4.79 Å². The van der Waals surface area contributed by atoms with Gasteiger partial charge in [-0.1, -0.05) is 12.7 Å². The number of ether oxygens (including phenoxy) is 1. The number of carbonyl (C=O) groups is 2. The Morgan fingerprint density at radius 3 is 2.88 bits per heavy atom. The summed E-state index contributed by atoms with van der Waals surface area (Å²) in [6.45, 7) is 7.10. The van der Waals surface area contributed by atoms with Crippen molar-refractivity contribution in [3.05, 3.63) is 24.9 Å². The summed E-state index contributed by atoms with van der Waals surface area (Å²) in [5, 5.41) is 0. The molecule has 16 heavy (non-hydrogen) atoms. The molecule has 0 unspecified atom stereocenters. The van der Waals surface area contributed by atoms with Crippen molar-refractivity contribution in [2.45, 2.75) is 38.8 Å². The number of carbonyl (C=O) groups excluding carboxylic acids is 2. The number of allylic oxidation sites excluding steroid dienone is 2. The molecule has 0 aromatic heterocycles. The lowest BCUT2D eigenvalue weighted by Crippen LogP contribution is -2.36. The van der Waals surface area contributed by atoms with Crippen molar-refractivity contribution in [1.82, 2.24) is 4.90 Å². The third kappa shape index (κ3) is 2.95. The minimum absolute atomic E-state index is 0.0520. The molecule has 4 nitrogen and oxygen atoms in total. The molecule has 1 aliphatic rings. The summed E-state index contributed by atoms with van der Waals surface area (Å²) in [7, 11) is 0. The van der Waals surface area contributed by atoms with Gasteiger partial charge in [-0.15, -0.1) is 0 Å². The van der Waals surface area contributed by atoms with E-state index in [0.29, 0.717) is 12.8 Å². The maximum atomic E-state index is 11.7. The van der Waals surface area contributed by atoms with E-state index >= 15 is 0 Å². The number of amides is 1. The van der Waals surface area contributed by atoms with Gasteiger partial charge in [0.05, 0.1) is 6.10 Å². The average Bonchev–Trinajstić information content (AvgIpc) is 2.56. The minimum atomic E-state index is -0.480. The van der Waals surface area contributed by atoms with Gasteiger partial charge in [0.25, 0.3) is 0 Å². The van der Waals surface area contributed by atoms with E-state index in [1.807, 2.05) is 0 Å². The zero-order valence-corrected chi connectivity index (χ0v) is 9.68. The summed E-state index contributed by atoms with van der Waals surface area (Å²) in [4.78, 5) is 24.6. The van der Waals surface area contributed by atoms with Crippen LogP contribution in [-0.2, 0) is 14.3 Å². The van der Waals surface area contributed by atoms with Gasteiger partial charge < -0.3 is 9.64 Å². The summed E-state index contributed by atoms with van der Waals surface area (Å²) < 4.78 is 5.10. The van der Waals surface area contributed by atoms with Crippen molar-refractivity contribution in [3.8, 4) is 0 Å². The number of hydrogen-bond acceptors (Lipinski definition) is 3. The van der Waals surface area contributed by atoms with Crippen molar-refractivity contribution >= 4 is 11.9 Å². The van der Waals surface area contributed by atoms with Crippen molar-refractivity contribution in [2.75, 3.05) is 0 Å². The molecule has 1 fully saturated rings. The molecule has 0 saturated carbocycles. The van der Waals surface area contributed by atoms with Gasteiger partial charge in [-0.05, 0) is 26.3 Å². The monoisotopic (exact) mass is 223 g/mol. The molecule has 1 heterocycles. The van der Waals surface area contributed by atoms with Crippen LogP contribution in [0.5, 0.6) is 0 Å². The SMILES string of the molecule is C=C/C=C/N1C(=O)CC[C@H]1C(=O)OC(C)C. The molecule has 1 saturated heterocycles. The molecular formula is C12H17NO3. The van der Waals surface area contributed by atoms with E-state index in [1.54, 1.807) is 32.2 Å². The highest BCUT2D eigenvalue weighted by Gasteiger charge is 2.36. The van der Waals surface area contributed by atoms with Crippen LogP contribution < -0.4 is 0 Å². The third-order valence-corrected chi connectivity index (χ3v) is 2.26. The fourth-order valence-electron chi connectivity index (χ4n) is 1.59. The first kappa shape index (κ1) is 12.5. The van der Waals surface area contributed by atoms with Crippen LogP contribution in [0, 0.1) is 0 Å². The van der Waals surface area contributed by atoms with Crippen molar-refractivity contribution in [1.29, 1.82) is 0 Å². The molecule has 1 aliphatic heterocycles. The Morgan fingerprint density at radius 2 is 2.31 bits per heavy atom. The second kappa shape index (κ2) is 5.49. The van der Waals surface area contributed by atoms with E-state index in [4.69, 9.17) is 4.74 Å². The molecule has 88 valence electrons. The van der Waals surface area contributed by atoms with E-state index in [1.165, 1.54) is 4.90 Å². The van der Waals surface area contributed by atoms with Crippen LogP contribution >= 0.6 is 0 Å². The highest BCUT2D eigenvalue weighted by atomic mass is 16.5. The van der Waals surface area contributed by atoms with E-state index in [9.17, 15) is 9.59 Å². The molecule has 1 atom stereocenters. The van der Waals surface area contributed by atoms with Crippen LogP contribution in [0.1, 0.15) is 26.7 Å². The average molecular weight is 223 g/mol. The van der Waals surface area contributed by atoms with Crippen LogP contribution in [0.2, 0.25) is 0 Å². The number of nitrogens with zero attached hydrogens (tertiary/aromatic N) is 1. The molecular weight excluding hydrogens is 206 g/mol. The van der Waals surface area contributed by atoms with Crippen LogP contribution in [0.4, 0.5) is 0 Å². The van der Waals surface area contributed by atoms with E-state index < -0.39 is 6.04 Å². The fourth-order valence-corrected chi connectivity index (χ4v) is 1.59. The molecule has 1 amide bonds. The second-order valence-electron chi connectivity index (χ2n) is 3.92. The Bertz CT molecular complexity index is 320. The van der Waals surface area contributed by atoms with Gasteiger partial charge >= 0.3 is 5.97 Å². The molecule has 0 N–H and O–H groups in total. The predicted molar refractivity (Wildman–Crippen MR) is 60.4 cm³/mol. The Labute approximate surface area is 95.6 Å². The van der Waals surface area contributed by atoms with Gasteiger partial charge in [-0.3, -0.25) is 4.79 Å². The van der Waals surface area contributed by atoms with Crippen LogP contribution in [-0.4, -0.2) is 28.9 Å². The lowest BCUT2D eigenvalue weighted by molar-refractivity contribution is -0.153. The molecule has 0 radical (unpaired) electrons. The summed E-state index contributed by atoms with van der Waals surface area (Å²) in [5.41, 5.74) is 0. The van der Waals surface area contributed by atoms with E-state index in [0.717, 1.165) is 0 Å². The molecule has 0 bridgehead atoms. The van der Waals surface area contributed by atoms with Gasteiger partial charge in [0.15, 0.2) is 0 Å². The summed E-state index contributed by atoms with van der Waals surface area (Å²) in [6, 6.07) is -0.480. The Morgan fingerprint density at radius 1 is 1.62 bits per heavy atom. The molecule has 0 aromatic rings. The first-order valence-electron chi connectivity index (χ1n) is 5.37. The fraction of sp³-hybridized carbons (Fsp3) is 0.500. The van der Waals surface area contributed by atoms with Gasteiger partial charge in [0, 0.05) is 12.6 Å². The summed E-state index contributed by atoms with van der Waals surface area (Å²) in [6.07, 6.45) is 5.53. The smallest absolute Gasteiger partial charge is 0.329 e. The van der Waals surface area contributed by atoms with Crippen LogP contribution in [0.15, 0.2) is 24.9 Å². The highest BCUT2D eigenvalue weighted by Crippen LogP contribution is 2.20. The Balaban J connectivity index is 2.71. The minimum Gasteiger partial charge on any atom is -0.461 e. The van der Waals surface area contributed by atoms with E-state index in [2.05, 4.69) is 6.58 Å². The highest BCUT2D eigenvalue weighted by molar-refractivity contribution is 5.89. The topological polar surface area (TPSA) is 46.6 Å². The third-order valence-electron chi connectivity index (χ3n) is 2.26. The number of esters is 1. The van der Waals surface area contributed by atoms with Gasteiger partial charge in [0.1, 0.15) is 6.04 Å². The standard InChI is InChI=1S/C12H17NO3/c1-4-5-8-13-10(6-7-11(13)14)12(15)16-9(2)3/h4-5,8-10H,1,6-7H2,2-3H3/b8-5+/t10-/m0/s1.